The lowest BCUT2D eigenvalue weighted by Crippen LogP contribution is -2.46. The number of nitrogens with one attached hydrogen (secondary N) is 1. The van der Waals surface area contributed by atoms with E-state index in [0.29, 0.717) is 17.1 Å². The normalized spacial score (nSPS) is 17.9. The monoisotopic (exact) mass is 407 g/mol. The van der Waals surface area contributed by atoms with Gasteiger partial charge in [0.1, 0.15) is 5.75 Å². The van der Waals surface area contributed by atoms with Gasteiger partial charge in [0.25, 0.3) is 11.8 Å². The first-order valence-corrected chi connectivity index (χ1v) is 9.53. The van der Waals surface area contributed by atoms with Gasteiger partial charge in [-0.05, 0) is 43.7 Å². The Bertz CT molecular complexity index is 1080. The molecule has 2 aliphatic heterocycles. The molecule has 1 N–H and O–H groups in total. The van der Waals surface area contributed by atoms with Crippen molar-refractivity contribution in [3.05, 3.63) is 65.4 Å². The zero-order chi connectivity index (χ0) is 21.4. The maximum Gasteiger partial charge on any atom is 0.356 e. The molecule has 154 valence electrons. The molecule has 0 aliphatic carbocycles. The molecular weight excluding hydrogens is 386 g/mol. The minimum absolute atomic E-state index is 0.0286. The third-order valence-corrected chi connectivity index (χ3v) is 5.01. The Morgan fingerprint density at radius 1 is 1.13 bits per heavy atom. The molecule has 1 saturated heterocycles. The van der Waals surface area contributed by atoms with Crippen molar-refractivity contribution in [3.8, 4) is 5.75 Å². The van der Waals surface area contributed by atoms with Gasteiger partial charge in [-0.15, -0.1) is 0 Å². The van der Waals surface area contributed by atoms with Crippen LogP contribution in [0.15, 0.2) is 59.8 Å². The van der Waals surface area contributed by atoms with E-state index < -0.39 is 23.8 Å². The van der Waals surface area contributed by atoms with Crippen LogP contribution in [0.25, 0.3) is 0 Å². The molecule has 0 radical (unpaired) electrons. The molecule has 2 aromatic carbocycles. The molecule has 2 aromatic rings. The predicted molar refractivity (Wildman–Crippen MR) is 110 cm³/mol. The molecule has 2 heterocycles. The summed E-state index contributed by atoms with van der Waals surface area (Å²) in [7, 11) is 1.47. The quantitative estimate of drug-likeness (QED) is 0.600. The van der Waals surface area contributed by atoms with Gasteiger partial charge in [0.2, 0.25) is 0 Å². The van der Waals surface area contributed by atoms with Gasteiger partial charge in [0.05, 0.1) is 30.7 Å². The van der Waals surface area contributed by atoms with Crippen LogP contribution in [0.4, 0.5) is 11.4 Å². The van der Waals surface area contributed by atoms with Gasteiger partial charge in [-0.25, -0.2) is 9.69 Å². The van der Waals surface area contributed by atoms with E-state index in [-0.39, 0.29) is 17.9 Å². The van der Waals surface area contributed by atoms with Crippen molar-refractivity contribution >= 4 is 29.2 Å². The highest BCUT2D eigenvalue weighted by atomic mass is 16.5. The number of nitrogens with zero attached hydrogens (tertiary/aromatic N) is 2. The Morgan fingerprint density at radius 2 is 1.90 bits per heavy atom. The van der Waals surface area contributed by atoms with E-state index in [0.717, 1.165) is 10.5 Å². The third kappa shape index (κ3) is 2.97. The number of ether oxygens (including phenoxy) is 2. The van der Waals surface area contributed by atoms with Gasteiger partial charge in [-0.1, -0.05) is 24.3 Å². The molecule has 8 heteroatoms. The molecule has 1 fully saturated rings. The zero-order valence-electron chi connectivity index (χ0n) is 16.8. The Morgan fingerprint density at radius 3 is 2.60 bits per heavy atom. The van der Waals surface area contributed by atoms with Gasteiger partial charge in [-0.2, -0.15) is 0 Å². The summed E-state index contributed by atoms with van der Waals surface area (Å²) in [6.45, 7) is 3.74. The van der Waals surface area contributed by atoms with Crippen LogP contribution >= 0.6 is 0 Å². The first kappa shape index (κ1) is 19.5. The van der Waals surface area contributed by atoms with E-state index in [1.165, 1.54) is 12.1 Å². The maximum absolute atomic E-state index is 13.4. The summed E-state index contributed by atoms with van der Waals surface area (Å²) in [5.74, 6) is -1.36. The molecule has 8 nitrogen and oxygen atoms in total. The molecule has 30 heavy (non-hydrogen) atoms. The molecule has 0 saturated carbocycles. The molecular formula is C22H21N3O5. The van der Waals surface area contributed by atoms with Gasteiger partial charge in [0.15, 0.2) is 11.7 Å². The highest BCUT2D eigenvalue weighted by molar-refractivity contribution is 6.34. The van der Waals surface area contributed by atoms with E-state index in [4.69, 9.17) is 9.47 Å². The molecule has 2 amide bonds. The van der Waals surface area contributed by atoms with Crippen LogP contribution in [0.5, 0.6) is 5.75 Å². The number of benzene rings is 2. The Balaban J connectivity index is 1.84. The van der Waals surface area contributed by atoms with Crippen molar-refractivity contribution in [1.82, 2.24) is 5.43 Å². The summed E-state index contributed by atoms with van der Waals surface area (Å²) >= 11 is 0. The molecule has 1 atom stereocenters. The third-order valence-electron chi connectivity index (χ3n) is 5.01. The first-order valence-electron chi connectivity index (χ1n) is 9.53. The lowest BCUT2D eigenvalue weighted by molar-refractivity contribution is -0.139. The van der Waals surface area contributed by atoms with Crippen LogP contribution in [0, 0.1) is 6.92 Å². The zero-order valence-corrected chi connectivity index (χ0v) is 16.8. The van der Waals surface area contributed by atoms with Crippen LogP contribution in [-0.4, -0.2) is 37.5 Å². The molecule has 4 rings (SSSR count). The second-order valence-electron chi connectivity index (χ2n) is 6.88. The number of rotatable bonds is 5. The van der Waals surface area contributed by atoms with E-state index in [9.17, 15) is 14.4 Å². The average Bonchev–Trinajstić information content (AvgIpc) is 3.25. The minimum Gasteiger partial charge on any atom is -0.495 e. The van der Waals surface area contributed by atoms with Gasteiger partial charge >= 0.3 is 5.97 Å². The van der Waals surface area contributed by atoms with Crippen LogP contribution in [0.1, 0.15) is 12.5 Å². The molecule has 0 bridgehead atoms. The average molecular weight is 407 g/mol. The fourth-order valence-corrected chi connectivity index (χ4v) is 3.70. The van der Waals surface area contributed by atoms with E-state index >= 15 is 0 Å². The number of carbonyl (C=O) groups is 3. The van der Waals surface area contributed by atoms with Gasteiger partial charge < -0.3 is 9.47 Å². The molecule has 0 aromatic heterocycles. The Kier molecular flexibility index (Phi) is 4.91. The van der Waals surface area contributed by atoms with Gasteiger partial charge in [-0.3, -0.25) is 20.0 Å². The highest BCUT2D eigenvalue weighted by Crippen LogP contribution is 2.39. The number of hydrogen-bond donors (Lipinski definition) is 1. The second-order valence-corrected chi connectivity index (χ2v) is 6.88. The number of carbonyl (C=O) groups excluding carboxylic acids is 3. The largest absolute Gasteiger partial charge is 0.495 e. The van der Waals surface area contributed by atoms with E-state index in [1.54, 1.807) is 37.3 Å². The van der Waals surface area contributed by atoms with Crippen molar-refractivity contribution < 1.29 is 23.9 Å². The fourth-order valence-electron chi connectivity index (χ4n) is 3.70. The van der Waals surface area contributed by atoms with Gasteiger partial charge in [0, 0.05) is 0 Å². The lowest BCUT2D eigenvalue weighted by atomic mass is 10.1. The topological polar surface area (TPSA) is 88.2 Å². The fraction of sp³-hybridized carbons (Fsp3) is 0.227. The number of aryl methyl sites for hydroxylation is 1. The number of hydrazine groups is 1. The Labute approximate surface area is 173 Å². The number of methoxy groups -OCH3 is 1. The molecule has 0 unspecified atom stereocenters. The first-order chi connectivity index (χ1) is 14.5. The van der Waals surface area contributed by atoms with Crippen molar-refractivity contribution in [3.63, 3.8) is 0 Å². The summed E-state index contributed by atoms with van der Waals surface area (Å²) in [6, 6.07) is 13.2. The van der Waals surface area contributed by atoms with E-state index in [2.05, 4.69) is 5.43 Å². The smallest absolute Gasteiger partial charge is 0.356 e. The highest BCUT2D eigenvalue weighted by Gasteiger charge is 2.55. The number of para-hydroxylation sites is 2. The Hall–Kier alpha value is -3.81. The summed E-state index contributed by atoms with van der Waals surface area (Å²) in [4.78, 5) is 40.4. The number of hydrogen-bond acceptors (Lipinski definition) is 7. The number of esters is 1. The summed E-state index contributed by atoms with van der Waals surface area (Å²) in [5.41, 5.74) is 4.90. The van der Waals surface area contributed by atoms with Crippen molar-refractivity contribution in [2.24, 2.45) is 0 Å². The minimum atomic E-state index is -0.997. The maximum atomic E-state index is 13.4. The van der Waals surface area contributed by atoms with Crippen LogP contribution in [0.3, 0.4) is 0 Å². The number of imide groups is 1. The number of anilines is 2. The van der Waals surface area contributed by atoms with Crippen molar-refractivity contribution in [1.29, 1.82) is 0 Å². The number of amides is 2. The standard InChI is InChI=1S/C22H21N3O5/c1-4-30-22(28)18-17-19(25(23-18)14-9-7-8-13(2)12-14)21(27)24(20(17)26)15-10-5-6-11-16(15)29-3/h5-12,19,23H,4H2,1-3H3/t19-/m0/s1. The molecule has 0 spiro atoms. The SMILES string of the molecule is CCOC(=O)C1=C2C(=O)N(c3ccccc3OC)C(=O)[C@H]2N(c2cccc(C)c2)N1. The lowest BCUT2D eigenvalue weighted by Gasteiger charge is -2.26. The number of fused-ring (bicyclic) bond motifs is 1. The van der Waals surface area contributed by atoms with Crippen LogP contribution in [0.2, 0.25) is 0 Å². The van der Waals surface area contributed by atoms with Crippen LogP contribution < -0.4 is 20.1 Å². The van der Waals surface area contributed by atoms with Crippen LogP contribution in [-0.2, 0) is 19.1 Å². The van der Waals surface area contributed by atoms with Crippen molar-refractivity contribution in [2.45, 2.75) is 19.9 Å². The predicted octanol–water partition coefficient (Wildman–Crippen LogP) is 2.09. The summed E-state index contributed by atoms with van der Waals surface area (Å²) in [6.07, 6.45) is 0. The molecule has 2 aliphatic rings. The van der Waals surface area contributed by atoms with E-state index in [1.807, 2.05) is 25.1 Å². The summed E-state index contributed by atoms with van der Waals surface area (Å²) in [5, 5.41) is 1.53. The van der Waals surface area contributed by atoms with Crippen molar-refractivity contribution in [2.75, 3.05) is 23.6 Å². The second kappa shape index (κ2) is 7.55. The summed E-state index contributed by atoms with van der Waals surface area (Å²) < 4.78 is 10.5.